The van der Waals surface area contributed by atoms with Gasteiger partial charge in [0.15, 0.2) is 0 Å². The van der Waals surface area contributed by atoms with E-state index in [0.717, 1.165) is 24.8 Å². The van der Waals surface area contributed by atoms with Crippen molar-refractivity contribution in [3.8, 4) is 5.75 Å². The quantitative estimate of drug-likeness (QED) is 0.722. The Morgan fingerprint density at radius 2 is 2.23 bits per heavy atom. The van der Waals surface area contributed by atoms with Gasteiger partial charge < -0.3 is 5.11 Å². The van der Waals surface area contributed by atoms with Crippen LogP contribution in [0.5, 0.6) is 5.75 Å². The van der Waals surface area contributed by atoms with E-state index in [1.807, 2.05) is 0 Å². The van der Waals surface area contributed by atoms with Gasteiger partial charge in [-0.05, 0) is 41.8 Å². The molecule has 13 heavy (non-hydrogen) atoms. The smallest absolute Gasteiger partial charge is 0.116 e. The second-order valence-corrected chi connectivity index (χ2v) is 3.01. The molecule has 0 radical (unpaired) electrons. The third-order valence-corrected chi connectivity index (χ3v) is 1.96. The molecule has 0 fully saturated rings. The number of phenols is 1. The molecule has 0 aliphatic carbocycles. The van der Waals surface area contributed by atoms with E-state index in [-0.39, 0.29) is 5.75 Å². The lowest BCUT2D eigenvalue weighted by Crippen LogP contribution is -1.84. The fourth-order valence-electron chi connectivity index (χ4n) is 1.23. The number of phenolic OH excluding ortho intramolecular Hbond substituents is 1. The Bertz CT molecular complexity index is 297. The second kappa shape index (κ2) is 4.60. The molecule has 3 nitrogen and oxygen atoms in total. The Balaban J connectivity index is 2.87. The summed E-state index contributed by atoms with van der Waals surface area (Å²) in [6.45, 7) is 2.08. The number of hydrogen-bond acceptors (Lipinski definition) is 3. The van der Waals surface area contributed by atoms with E-state index in [1.54, 1.807) is 12.1 Å². The summed E-state index contributed by atoms with van der Waals surface area (Å²) in [5.41, 5.74) is 1.27. The van der Waals surface area contributed by atoms with Gasteiger partial charge in [0.05, 0.1) is 0 Å². The predicted molar refractivity (Wildman–Crippen MR) is 52.2 cm³/mol. The van der Waals surface area contributed by atoms with Gasteiger partial charge in [0.25, 0.3) is 0 Å². The Labute approximate surface area is 77.4 Å². The van der Waals surface area contributed by atoms with Crippen LogP contribution in [0.1, 0.15) is 25.3 Å². The first kappa shape index (κ1) is 9.71. The molecule has 0 saturated carbocycles. The molecule has 0 heterocycles. The van der Waals surface area contributed by atoms with E-state index in [2.05, 4.69) is 12.1 Å². The number of unbranched alkanes of at least 4 members (excludes halogenated alkanes) is 1. The molecule has 3 heteroatoms. The Morgan fingerprint density at radius 3 is 2.85 bits per heavy atom. The van der Waals surface area contributed by atoms with Crippen LogP contribution in [0.3, 0.4) is 0 Å². The topological polar surface area (TPSA) is 49.7 Å². The monoisotopic (exact) mass is 179 g/mol. The molecule has 70 valence electrons. The van der Waals surface area contributed by atoms with Crippen LogP contribution >= 0.6 is 0 Å². The summed E-state index contributed by atoms with van der Waals surface area (Å²) in [6, 6.07) is 4.63. The van der Waals surface area contributed by atoms with Crippen molar-refractivity contribution in [1.82, 2.24) is 0 Å². The lowest BCUT2D eigenvalue weighted by Gasteiger charge is -2.02. The Kier molecular flexibility index (Phi) is 3.43. The highest BCUT2D eigenvalue weighted by Gasteiger charge is 2.03. The number of hydrogen-bond donors (Lipinski definition) is 1. The molecule has 0 spiro atoms. The van der Waals surface area contributed by atoms with Crippen LogP contribution in [-0.2, 0) is 6.42 Å². The van der Waals surface area contributed by atoms with Crippen molar-refractivity contribution in [3.05, 3.63) is 28.7 Å². The Hall–Kier alpha value is -1.38. The maximum atomic E-state index is 10.4. The fraction of sp³-hybridized carbons (Fsp3) is 0.400. The highest BCUT2D eigenvalue weighted by molar-refractivity contribution is 5.49. The maximum absolute atomic E-state index is 10.4. The number of nitrogens with zero attached hydrogens (tertiary/aromatic N) is 1. The van der Waals surface area contributed by atoms with Gasteiger partial charge >= 0.3 is 0 Å². The zero-order chi connectivity index (χ0) is 9.68. The van der Waals surface area contributed by atoms with Gasteiger partial charge in [-0.15, -0.1) is 4.91 Å². The van der Waals surface area contributed by atoms with Gasteiger partial charge in [-0.25, -0.2) is 0 Å². The first-order valence-corrected chi connectivity index (χ1v) is 4.43. The Morgan fingerprint density at radius 1 is 1.46 bits per heavy atom. The lowest BCUT2D eigenvalue weighted by atomic mass is 10.1. The third kappa shape index (κ3) is 2.54. The number of nitroso groups, excluding NO2 is 1. The van der Waals surface area contributed by atoms with Gasteiger partial charge in [-0.2, -0.15) is 0 Å². The zero-order valence-electron chi connectivity index (χ0n) is 7.66. The number of aryl methyl sites for hydroxylation is 1. The summed E-state index contributed by atoms with van der Waals surface area (Å²) in [4.78, 5) is 10.4. The van der Waals surface area contributed by atoms with Crippen molar-refractivity contribution >= 4 is 5.69 Å². The molecule has 0 atom stereocenters. The first-order valence-electron chi connectivity index (χ1n) is 4.43. The van der Waals surface area contributed by atoms with Crippen LogP contribution < -0.4 is 0 Å². The van der Waals surface area contributed by atoms with E-state index in [9.17, 15) is 10.0 Å². The minimum absolute atomic E-state index is 0.193. The van der Waals surface area contributed by atoms with Crippen LogP contribution in [0.2, 0.25) is 0 Å². The van der Waals surface area contributed by atoms with Crippen LogP contribution in [-0.4, -0.2) is 5.11 Å². The second-order valence-electron chi connectivity index (χ2n) is 3.01. The fourth-order valence-corrected chi connectivity index (χ4v) is 1.23. The molecular formula is C10H13NO2. The number of benzene rings is 1. The molecule has 0 aliphatic heterocycles. The summed E-state index contributed by atoms with van der Waals surface area (Å²) < 4.78 is 0. The van der Waals surface area contributed by atoms with Crippen LogP contribution in [0.4, 0.5) is 5.69 Å². The van der Waals surface area contributed by atoms with Crippen molar-refractivity contribution in [2.75, 3.05) is 0 Å². The largest absolute Gasteiger partial charge is 0.508 e. The van der Waals surface area contributed by atoms with E-state index in [4.69, 9.17) is 0 Å². The van der Waals surface area contributed by atoms with Gasteiger partial charge in [0, 0.05) is 0 Å². The van der Waals surface area contributed by atoms with Gasteiger partial charge in [0.1, 0.15) is 11.4 Å². The molecular weight excluding hydrogens is 166 g/mol. The minimum atomic E-state index is 0.193. The van der Waals surface area contributed by atoms with Crippen LogP contribution in [0.25, 0.3) is 0 Å². The van der Waals surface area contributed by atoms with Gasteiger partial charge in [-0.1, -0.05) is 13.3 Å². The van der Waals surface area contributed by atoms with E-state index < -0.39 is 0 Å². The summed E-state index contributed by atoms with van der Waals surface area (Å²) in [5, 5.41) is 12.1. The molecule has 0 aromatic heterocycles. The minimum Gasteiger partial charge on any atom is -0.508 e. The van der Waals surface area contributed by atoms with Crippen molar-refractivity contribution in [2.24, 2.45) is 5.18 Å². The molecule has 1 aromatic carbocycles. The number of aromatic hydroxyl groups is 1. The lowest BCUT2D eigenvalue weighted by molar-refractivity contribution is 0.474. The van der Waals surface area contributed by atoms with Crippen LogP contribution in [0.15, 0.2) is 23.4 Å². The first-order chi connectivity index (χ1) is 6.27. The number of rotatable bonds is 4. The highest BCUT2D eigenvalue weighted by Crippen LogP contribution is 2.24. The summed E-state index contributed by atoms with van der Waals surface area (Å²) >= 11 is 0. The maximum Gasteiger partial charge on any atom is 0.116 e. The molecule has 1 N–H and O–H groups in total. The van der Waals surface area contributed by atoms with Gasteiger partial charge in [0.2, 0.25) is 0 Å². The van der Waals surface area contributed by atoms with Crippen molar-refractivity contribution in [3.63, 3.8) is 0 Å². The standard InChI is InChI=1S/C10H13NO2/c1-2-3-4-8-7-9(12)5-6-10(8)11-13/h5-7,12H,2-4H2,1H3. The highest BCUT2D eigenvalue weighted by atomic mass is 16.3. The SMILES string of the molecule is CCCCc1cc(O)ccc1N=O. The van der Waals surface area contributed by atoms with E-state index in [0.29, 0.717) is 5.69 Å². The summed E-state index contributed by atoms with van der Waals surface area (Å²) in [7, 11) is 0. The molecule has 1 aromatic rings. The zero-order valence-corrected chi connectivity index (χ0v) is 7.66. The van der Waals surface area contributed by atoms with Crippen LogP contribution in [0, 0.1) is 4.91 Å². The molecule has 0 amide bonds. The molecule has 1 rings (SSSR count). The summed E-state index contributed by atoms with van der Waals surface area (Å²) in [6.07, 6.45) is 2.87. The van der Waals surface area contributed by atoms with E-state index >= 15 is 0 Å². The van der Waals surface area contributed by atoms with Crippen molar-refractivity contribution in [1.29, 1.82) is 0 Å². The average Bonchev–Trinajstić information content (AvgIpc) is 2.15. The molecule has 0 aliphatic rings. The average molecular weight is 179 g/mol. The van der Waals surface area contributed by atoms with Crippen molar-refractivity contribution < 1.29 is 5.11 Å². The third-order valence-electron chi connectivity index (χ3n) is 1.96. The van der Waals surface area contributed by atoms with E-state index in [1.165, 1.54) is 6.07 Å². The van der Waals surface area contributed by atoms with Crippen molar-refractivity contribution in [2.45, 2.75) is 26.2 Å². The van der Waals surface area contributed by atoms with Gasteiger partial charge in [-0.3, -0.25) is 0 Å². The summed E-state index contributed by atoms with van der Waals surface area (Å²) in [5.74, 6) is 0.193. The molecule has 0 bridgehead atoms. The molecule has 0 unspecified atom stereocenters. The molecule has 0 saturated heterocycles. The predicted octanol–water partition coefficient (Wildman–Crippen LogP) is 3.13. The normalized spacial score (nSPS) is 9.92.